The number of hydrogen-bond acceptors (Lipinski definition) is 2. The number of hydrogen-bond donors (Lipinski definition) is 2. The summed E-state index contributed by atoms with van der Waals surface area (Å²) in [5, 5.41) is 0.675. The molecule has 0 aliphatic heterocycles. The zero-order valence-corrected chi connectivity index (χ0v) is 25.4. The lowest BCUT2D eigenvalue weighted by molar-refractivity contribution is 0.652. The predicted molar refractivity (Wildman–Crippen MR) is 181 cm³/mol. The molecule has 214 valence electrons. The third kappa shape index (κ3) is 6.33. The Hall–Kier alpha value is -4.47. The van der Waals surface area contributed by atoms with Crippen molar-refractivity contribution < 1.29 is 0 Å². The molecule has 4 N–H and O–H groups in total. The van der Waals surface area contributed by atoms with E-state index in [4.69, 9.17) is 23.1 Å². The van der Waals surface area contributed by atoms with E-state index in [2.05, 4.69) is 86.6 Å². The molecule has 0 heterocycles. The molecular formula is C40H37ClN2. The normalized spacial score (nSPS) is 12.5. The summed E-state index contributed by atoms with van der Waals surface area (Å²) in [7, 11) is 0. The highest BCUT2D eigenvalue weighted by atomic mass is 35.5. The van der Waals surface area contributed by atoms with Crippen molar-refractivity contribution in [3.05, 3.63) is 213 Å². The monoisotopic (exact) mass is 580 g/mol. The second-order valence-electron chi connectivity index (χ2n) is 10.9. The molecule has 0 amide bonds. The first-order chi connectivity index (χ1) is 20.8. The summed E-state index contributed by atoms with van der Waals surface area (Å²) in [5.74, 6) is 0. The first kappa shape index (κ1) is 30.0. The molecule has 6 aromatic carbocycles. The molecule has 0 fully saturated rings. The van der Waals surface area contributed by atoms with Crippen molar-refractivity contribution in [3.63, 3.8) is 0 Å². The van der Waals surface area contributed by atoms with E-state index < -0.39 is 11.1 Å². The Labute approximate surface area is 260 Å². The van der Waals surface area contributed by atoms with Crippen LogP contribution in [-0.2, 0) is 11.1 Å². The number of halogens is 1. The first-order valence-corrected chi connectivity index (χ1v) is 14.8. The lowest BCUT2D eigenvalue weighted by Gasteiger charge is -2.32. The maximum absolute atomic E-state index is 6.93. The number of benzene rings is 6. The smallest absolute Gasteiger partial charge is 0.0937 e. The van der Waals surface area contributed by atoms with E-state index in [1.807, 2.05) is 91.0 Å². The first-order valence-electron chi connectivity index (χ1n) is 14.5. The van der Waals surface area contributed by atoms with Gasteiger partial charge in [0, 0.05) is 5.02 Å². The van der Waals surface area contributed by atoms with Crippen molar-refractivity contribution >= 4 is 11.6 Å². The summed E-state index contributed by atoms with van der Waals surface area (Å²) in [6.45, 7) is 4.16. The molecule has 0 bridgehead atoms. The minimum absolute atomic E-state index is 0.629. The van der Waals surface area contributed by atoms with Gasteiger partial charge in [0.05, 0.1) is 11.1 Å². The van der Waals surface area contributed by atoms with Gasteiger partial charge in [-0.2, -0.15) is 0 Å². The van der Waals surface area contributed by atoms with Crippen LogP contribution in [0.4, 0.5) is 0 Å². The third-order valence-corrected chi connectivity index (χ3v) is 8.33. The topological polar surface area (TPSA) is 52.0 Å². The maximum atomic E-state index is 6.93. The largest absolute Gasteiger partial charge is 0.314 e. The van der Waals surface area contributed by atoms with E-state index in [0.29, 0.717) is 5.02 Å². The van der Waals surface area contributed by atoms with Gasteiger partial charge in [0.15, 0.2) is 0 Å². The van der Waals surface area contributed by atoms with Gasteiger partial charge in [0.1, 0.15) is 0 Å². The highest BCUT2D eigenvalue weighted by Gasteiger charge is 2.33. The van der Waals surface area contributed by atoms with E-state index in [1.54, 1.807) is 0 Å². The summed E-state index contributed by atoms with van der Waals surface area (Å²) in [5.41, 5.74) is 21.1. The van der Waals surface area contributed by atoms with Crippen LogP contribution in [0.2, 0.25) is 5.02 Å². The van der Waals surface area contributed by atoms with Gasteiger partial charge in [0.2, 0.25) is 0 Å². The highest BCUT2D eigenvalue weighted by molar-refractivity contribution is 6.31. The molecular weight excluding hydrogens is 544 g/mol. The average Bonchev–Trinajstić information content (AvgIpc) is 3.06. The highest BCUT2D eigenvalue weighted by Crippen LogP contribution is 2.38. The van der Waals surface area contributed by atoms with Crippen LogP contribution in [0.3, 0.4) is 0 Å². The maximum Gasteiger partial charge on any atom is 0.0937 e. The molecule has 1 unspecified atom stereocenters. The summed E-state index contributed by atoms with van der Waals surface area (Å²) >= 11 is 6.46. The van der Waals surface area contributed by atoms with Crippen LogP contribution in [-0.4, -0.2) is 0 Å². The Balaban J connectivity index is 0.000000171. The Morgan fingerprint density at radius 2 is 0.674 bits per heavy atom. The summed E-state index contributed by atoms with van der Waals surface area (Å²) in [6, 6.07) is 55.2. The van der Waals surface area contributed by atoms with Crippen LogP contribution in [0, 0.1) is 13.8 Å². The van der Waals surface area contributed by atoms with Crippen molar-refractivity contribution in [2.45, 2.75) is 24.9 Å². The standard InChI is InChI=1S/C20H18ClN.C20H19N/c1-15-11-13-17(14-12-15)20(22,16-7-3-2-4-8-16)18-9-5-6-10-19(18)21;1-16-12-14-19(15-13-16)20(21,17-8-4-2-5-9-17)18-10-6-3-7-11-18/h2-14H,22H2,1H3;2-15H,21H2,1H3. The second kappa shape index (κ2) is 13.2. The SMILES string of the molecule is Cc1ccc(C(N)(c2ccccc2)c2ccccc2)cc1.Cc1ccc(C(N)(c2ccccc2)c2ccccc2Cl)cc1. The molecule has 0 aliphatic carbocycles. The van der Waals surface area contributed by atoms with Crippen LogP contribution in [0.5, 0.6) is 0 Å². The molecule has 6 aromatic rings. The van der Waals surface area contributed by atoms with Gasteiger partial charge in [-0.05, 0) is 53.3 Å². The third-order valence-electron chi connectivity index (χ3n) is 8.00. The Morgan fingerprint density at radius 3 is 1.07 bits per heavy atom. The molecule has 3 heteroatoms. The van der Waals surface area contributed by atoms with Gasteiger partial charge in [-0.3, -0.25) is 0 Å². The summed E-state index contributed by atoms with van der Waals surface area (Å²) < 4.78 is 0. The van der Waals surface area contributed by atoms with Crippen LogP contribution in [0.1, 0.15) is 44.5 Å². The van der Waals surface area contributed by atoms with Crippen molar-refractivity contribution in [2.24, 2.45) is 11.5 Å². The molecule has 0 aromatic heterocycles. The van der Waals surface area contributed by atoms with Crippen molar-refractivity contribution in [2.75, 3.05) is 0 Å². The summed E-state index contributed by atoms with van der Waals surface area (Å²) in [4.78, 5) is 0. The van der Waals surface area contributed by atoms with Gasteiger partial charge >= 0.3 is 0 Å². The molecule has 6 rings (SSSR count). The predicted octanol–water partition coefficient (Wildman–Crippen LogP) is 9.14. The van der Waals surface area contributed by atoms with Crippen molar-refractivity contribution in [1.29, 1.82) is 0 Å². The molecule has 0 saturated heterocycles. The van der Waals surface area contributed by atoms with E-state index in [9.17, 15) is 0 Å². The zero-order valence-electron chi connectivity index (χ0n) is 24.6. The van der Waals surface area contributed by atoms with Crippen LogP contribution >= 0.6 is 11.6 Å². The fourth-order valence-electron chi connectivity index (χ4n) is 5.49. The van der Waals surface area contributed by atoms with Gasteiger partial charge in [-0.1, -0.05) is 180 Å². The fourth-order valence-corrected chi connectivity index (χ4v) is 5.78. The minimum Gasteiger partial charge on any atom is -0.314 e. The molecule has 0 aliphatic rings. The molecule has 1 atom stereocenters. The molecule has 0 radical (unpaired) electrons. The van der Waals surface area contributed by atoms with Gasteiger partial charge in [-0.25, -0.2) is 0 Å². The minimum atomic E-state index is -0.771. The van der Waals surface area contributed by atoms with Crippen LogP contribution in [0.25, 0.3) is 0 Å². The molecule has 0 spiro atoms. The lowest BCUT2D eigenvalue weighted by Crippen LogP contribution is -2.39. The van der Waals surface area contributed by atoms with Crippen molar-refractivity contribution in [1.82, 2.24) is 0 Å². The Morgan fingerprint density at radius 1 is 0.372 bits per heavy atom. The average molecular weight is 581 g/mol. The molecule has 43 heavy (non-hydrogen) atoms. The van der Waals surface area contributed by atoms with E-state index in [1.165, 1.54) is 11.1 Å². The number of aryl methyl sites for hydroxylation is 2. The quantitative estimate of drug-likeness (QED) is 0.193. The van der Waals surface area contributed by atoms with Crippen LogP contribution in [0.15, 0.2) is 164 Å². The Kier molecular flexibility index (Phi) is 9.23. The van der Waals surface area contributed by atoms with Crippen LogP contribution < -0.4 is 11.5 Å². The zero-order chi connectivity index (χ0) is 30.3. The number of nitrogens with two attached hydrogens (primary N) is 2. The summed E-state index contributed by atoms with van der Waals surface area (Å²) in [6.07, 6.45) is 0. The van der Waals surface area contributed by atoms with Crippen molar-refractivity contribution in [3.8, 4) is 0 Å². The van der Waals surface area contributed by atoms with Gasteiger partial charge in [-0.15, -0.1) is 0 Å². The Bertz CT molecular complexity index is 1690. The van der Waals surface area contributed by atoms with E-state index >= 15 is 0 Å². The number of rotatable bonds is 6. The van der Waals surface area contributed by atoms with E-state index in [-0.39, 0.29) is 0 Å². The lowest BCUT2D eigenvalue weighted by atomic mass is 9.78. The van der Waals surface area contributed by atoms with E-state index in [0.717, 1.165) is 33.4 Å². The second-order valence-corrected chi connectivity index (χ2v) is 11.3. The molecule has 2 nitrogen and oxygen atoms in total. The van der Waals surface area contributed by atoms with Gasteiger partial charge in [0.25, 0.3) is 0 Å². The van der Waals surface area contributed by atoms with Gasteiger partial charge < -0.3 is 11.5 Å². The molecule has 0 saturated carbocycles. The fraction of sp³-hybridized carbons (Fsp3) is 0.100.